The number of thiophene rings is 1. The summed E-state index contributed by atoms with van der Waals surface area (Å²) in [5.74, 6) is -1.81. The first-order chi connectivity index (χ1) is 13.0. The van der Waals surface area contributed by atoms with Crippen LogP contribution in [0.3, 0.4) is 0 Å². The van der Waals surface area contributed by atoms with Gasteiger partial charge < -0.3 is 20.1 Å². The van der Waals surface area contributed by atoms with Crippen LogP contribution >= 0.6 is 11.3 Å². The zero-order valence-corrected chi connectivity index (χ0v) is 15.9. The zero-order valence-electron chi connectivity index (χ0n) is 15.1. The van der Waals surface area contributed by atoms with Gasteiger partial charge in [-0.2, -0.15) is 0 Å². The van der Waals surface area contributed by atoms with Crippen molar-refractivity contribution in [3.63, 3.8) is 0 Å². The van der Waals surface area contributed by atoms with E-state index >= 15 is 0 Å². The summed E-state index contributed by atoms with van der Waals surface area (Å²) in [6.45, 7) is 1.51. The van der Waals surface area contributed by atoms with Crippen molar-refractivity contribution in [1.29, 1.82) is 0 Å². The minimum absolute atomic E-state index is 0.204. The molecule has 8 nitrogen and oxygen atoms in total. The third kappa shape index (κ3) is 4.47. The zero-order chi connectivity index (χ0) is 19.4. The van der Waals surface area contributed by atoms with Crippen molar-refractivity contribution in [2.45, 2.75) is 51.5 Å². The Morgan fingerprint density at radius 2 is 1.96 bits per heavy atom. The summed E-state index contributed by atoms with van der Waals surface area (Å²) in [6, 6.07) is -0.700. The molecule has 2 amide bonds. The fraction of sp³-hybridized carbons (Fsp3) is 0.556. The van der Waals surface area contributed by atoms with Gasteiger partial charge in [0, 0.05) is 11.3 Å². The highest BCUT2D eigenvalue weighted by Crippen LogP contribution is 2.38. The maximum absolute atomic E-state index is 12.4. The van der Waals surface area contributed by atoms with Crippen LogP contribution in [-0.4, -0.2) is 43.0 Å². The number of carbonyl (C=O) groups is 4. The summed E-state index contributed by atoms with van der Waals surface area (Å²) in [7, 11) is 0. The maximum Gasteiger partial charge on any atom is 0.341 e. The largest absolute Gasteiger partial charge is 0.462 e. The molecule has 0 aromatic carbocycles. The molecule has 2 heterocycles. The van der Waals surface area contributed by atoms with Crippen LogP contribution in [0.2, 0.25) is 0 Å². The summed E-state index contributed by atoms with van der Waals surface area (Å²) in [6.07, 6.45) is 4.34. The normalized spacial score (nSPS) is 18.4. The van der Waals surface area contributed by atoms with Crippen molar-refractivity contribution >= 4 is 40.1 Å². The van der Waals surface area contributed by atoms with Crippen LogP contribution in [0, 0.1) is 0 Å². The molecule has 2 N–H and O–H groups in total. The highest BCUT2D eigenvalue weighted by molar-refractivity contribution is 7.17. The molecule has 9 heteroatoms. The molecule has 0 saturated carbocycles. The lowest BCUT2D eigenvalue weighted by Gasteiger charge is -2.12. The van der Waals surface area contributed by atoms with Crippen molar-refractivity contribution in [1.82, 2.24) is 5.32 Å². The number of amides is 2. The molecule has 0 spiro atoms. The Morgan fingerprint density at radius 1 is 1.19 bits per heavy atom. The van der Waals surface area contributed by atoms with E-state index < -0.39 is 30.5 Å². The van der Waals surface area contributed by atoms with Gasteiger partial charge in [-0.05, 0) is 44.6 Å². The average molecular weight is 394 g/mol. The molecular weight excluding hydrogens is 372 g/mol. The number of hydrogen-bond donors (Lipinski definition) is 2. The minimum Gasteiger partial charge on any atom is -0.462 e. The third-order valence-electron chi connectivity index (χ3n) is 4.53. The monoisotopic (exact) mass is 394 g/mol. The number of anilines is 1. The van der Waals surface area contributed by atoms with Gasteiger partial charge in [0.15, 0.2) is 6.61 Å². The van der Waals surface area contributed by atoms with Crippen molar-refractivity contribution in [2.75, 3.05) is 18.5 Å². The van der Waals surface area contributed by atoms with E-state index in [1.54, 1.807) is 6.92 Å². The van der Waals surface area contributed by atoms with Crippen LogP contribution in [0.25, 0.3) is 0 Å². The summed E-state index contributed by atoms with van der Waals surface area (Å²) < 4.78 is 10.1. The van der Waals surface area contributed by atoms with E-state index in [0.29, 0.717) is 17.0 Å². The lowest BCUT2D eigenvalue weighted by Crippen LogP contribution is -2.36. The van der Waals surface area contributed by atoms with Crippen molar-refractivity contribution in [3.05, 3.63) is 16.0 Å². The smallest absolute Gasteiger partial charge is 0.341 e. The Morgan fingerprint density at radius 3 is 2.67 bits per heavy atom. The lowest BCUT2D eigenvalue weighted by molar-refractivity contribution is -0.149. The van der Waals surface area contributed by atoms with Crippen LogP contribution < -0.4 is 10.6 Å². The highest BCUT2D eigenvalue weighted by atomic mass is 32.1. The van der Waals surface area contributed by atoms with E-state index in [1.165, 1.54) is 11.3 Å². The summed E-state index contributed by atoms with van der Waals surface area (Å²) in [5.41, 5.74) is 1.37. The third-order valence-corrected chi connectivity index (χ3v) is 5.74. The van der Waals surface area contributed by atoms with Gasteiger partial charge in [-0.1, -0.05) is 0 Å². The van der Waals surface area contributed by atoms with Crippen molar-refractivity contribution in [3.8, 4) is 0 Å². The van der Waals surface area contributed by atoms with E-state index in [-0.39, 0.29) is 18.9 Å². The van der Waals surface area contributed by atoms with Crippen LogP contribution in [0.5, 0.6) is 0 Å². The molecule has 1 aromatic heterocycles. The van der Waals surface area contributed by atoms with Gasteiger partial charge >= 0.3 is 11.9 Å². The van der Waals surface area contributed by atoms with Crippen molar-refractivity contribution < 1.29 is 28.7 Å². The van der Waals surface area contributed by atoms with E-state index in [0.717, 1.165) is 36.1 Å². The molecule has 1 aliphatic heterocycles. The highest BCUT2D eigenvalue weighted by Gasteiger charge is 2.30. The summed E-state index contributed by atoms with van der Waals surface area (Å²) in [4.78, 5) is 48.7. The first-order valence-electron chi connectivity index (χ1n) is 9.07. The Hall–Kier alpha value is -2.42. The van der Waals surface area contributed by atoms with Gasteiger partial charge in [0.05, 0.1) is 12.2 Å². The fourth-order valence-corrected chi connectivity index (χ4v) is 4.56. The predicted molar refractivity (Wildman–Crippen MR) is 97.7 cm³/mol. The molecule has 1 atom stereocenters. The van der Waals surface area contributed by atoms with Crippen LogP contribution in [0.4, 0.5) is 5.00 Å². The second-order valence-electron chi connectivity index (χ2n) is 6.45. The topological polar surface area (TPSA) is 111 Å². The van der Waals surface area contributed by atoms with Gasteiger partial charge in [0.1, 0.15) is 11.0 Å². The number of esters is 2. The molecule has 1 unspecified atom stereocenters. The number of nitrogens with one attached hydrogen (secondary N) is 2. The fourth-order valence-electron chi connectivity index (χ4n) is 3.26. The molecule has 1 saturated heterocycles. The Balaban J connectivity index is 1.64. The van der Waals surface area contributed by atoms with Gasteiger partial charge in [-0.3, -0.25) is 9.59 Å². The second kappa shape index (κ2) is 8.51. The number of rotatable bonds is 6. The van der Waals surface area contributed by atoms with E-state index in [4.69, 9.17) is 9.47 Å². The van der Waals surface area contributed by atoms with E-state index in [9.17, 15) is 19.2 Å². The number of fused-ring (bicyclic) bond motifs is 1. The average Bonchev–Trinajstić information content (AvgIpc) is 3.23. The molecule has 2 aliphatic rings. The van der Waals surface area contributed by atoms with Gasteiger partial charge in [-0.15, -0.1) is 11.3 Å². The molecule has 1 aromatic rings. The Bertz CT molecular complexity index is 772. The molecule has 146 valence electrons. The van der Waals surface area contributed by atoms with E-state index in [1.807, 2.05) is 0 Å². The number of carbonyl (C=O) groups excluding carboxylic acids is 4. The minimum atomic E-state index is -0.700. The SMILES string of the molecule is CCOC(=O)c1c(NC(=O)COC(=O)C2CCC(=O)N2)sc2c1CCCC2. The molecular formula is C18H22N2O6S. The van der Waals surface area contributed by atoms with Gasteiger partial charge in [-0.25, -0.2) is 9.59 Å². The molecule has 0 radical (unpaired) electrons. The van der Waals surface area contributed by atoms with Gasteiger partial charge in [0.25, 0.3) is 5.91 Å². The van der Waals surface area contributed by atoms with Crippen LogP contribution in [0.15, 0.2) is 0 Å². The molecule has 3 rings (SSSR count). The standard InChI is InChI=1S/C18H22N2O6S/c1-2-25-18(24)15-10-5-3-4-6-12(10)27-16(15)20-14(22)9-26-17(23)11-7-8-13(21)19-11/h11H,2-9H2,1H3,(H,19,21)(H,20,22). The Labute approximate surface area is 160 Å². The van der Waals surface area contributed by atoms with Gasteiger partial charge in [0.2, 0.25) is 5.91 Å². The lowest BCUT2D eigenvalue weighted by atomic mass is 9.95. The first-order valence-corrected chi connectivity index (χ1v) is 9.88. The molecule has 27 heavy (non-hydrogen) atoms. The molecule has 1 fully saturated rings. The first kappa shape index (κ1) is 19.3. The number of ether oxygens (including phenoxy) is 2. The maximum atomic E-state index is 12.4. The predicted octanol–water partition coefficient (Wildman–Crippen LogP) is 1.56. The van der Waals surface area contributed by atoms with Crippen LogP contribution in [-0.2, 0) is 36.7 Å². The van der Waals surface area contributed by atoms with E-state index in [2.05, 4.69) is 10.6 Å². The summed E-state index contributed by atoms with van der Waals surface area (Å²) in [5, 5.41) is 5.61. The van der Waals surface area contributed by atoms with Crippen LogP contribution in [0.1, 0.15) is 53.4 Å². The summed E-state index contributed by atoms with van der Waals surface area (Å²) >= 11 is 1.37. The number of hydrogen-bond acceptors (Lipinski definition) is 7. The molecule has 1 aliphatic carbocycles. The Kier molecular flexibility index (Phi) is 6.10. The quantitative estimate of drug-likeness (QED) is 0.709. The van der Waals surface area contributed by atoms with Crippen molar-refractivity contribution in [2.24, 2.45) is 0 Å². The second-order valence-corrected chi connectivity index (χ2v) is 7.56. The molecule has 0 bridgehead atoms. The number of aryl methyl sites for hydroxylation is 1.